The van der Waals surface area contributed by atoms with Gasteiger partial charge >= 0.3 is 5.97 Å². The lowest BCUT2D eigenvalue weighted by Crippen LogP contribution is -2.53. The molecule has 0 spiro atoms. The number of benzene rings is 2. The fourth-order valence-electron chi connectivity index (χ4n) is 5.90. The predicted octanol–water partition coefficient (Wildman–Crippen LogP) is 4.53. The monoisotopic (exact) mass is 451 g/mol. The highest BCUT2D eigenvalue weighted by Gasteiger charge is 2.56. The van der Waals surface area contributed by atoms with Gasteiger partial charge in [-0.15, -0.1) is 0 Å². The first kappa shape index (κ1) is 22.0. The molecule has 0 saturated heterocycles. The molecule has 1 fully saturated rings. The highest BCUT2D eigenvalue weighted by molar-refractivity contribution is 5.90. The van der Waals surface area contributed by atoms with Crippen molar-refractivity contribution in [1.29, 1.82) is 5.26 Å². The third-order valence-corrected chi connectivity index (χ3v) is 7.58. The molecule has 0 amide bonds. The minimum Gasteiger partial charge on any atom is -0.465 e. The average molecular weight is 452 g/mol. The summed E-state index contributed by atoms with van der Waals surface area (Å²) in [6.45, 7) is 1.97. The number of ketones is 1. The Morgan fingerprint density at radius 1 is 1.15 bits per heavy atom. The van der Waals surface area contributed by atoms with Crippen molar-refractivity contribution in [1.82, 2.24) is 9.97 Å². The van der Waals surface area contributed by atoms with Gasteiger partial charge in [0.15, 0.2) is 11.6 Å². The lowest BCUT2D eigenvalue weighted by Gasteiger charge is -2.51. The number of esters is 1. The molecule has 1 heterocycles. The van der Waals surface area contributed by atoms with Crippen molar-refractivity contribution in [3.8, 4) is 17.5 Å². The Morgan fingerprint density at radius 2 is 1.88 bits per heavy atom. The molecular formula is C28H25N3O3. The van der Waals surface area contributed by atoms with Crippen LogP contribution < -0.4 is 0 Å². The maximum Gasteiger partial charge on any atom is 0.337 e. The van der Waals surface area contributed by atoms with Crippen molar-refractivity contribution in [3.63, 3.8) is 0 Å². The van der Waals surface area contributed by atoms with E-state index in [0.717, 1.165) is 35.2 Å². The van der Waals surface area contributed by atoms with Gasteiger partial charge in [0, 0.05) is 23.1 Å². The summed E-state index contributed by atoms with van der Waals surface area (Å²) >= 11 is 0. The smallest absolute Gasteiger partial charge is 0.337 e. The number of hydrogen-bond acceptors (Lipinski definition) is 6. The molecule has 0 bridgehead atoms. The number of rotatable bonds is 3. The van der Waals surface area contributed by atoms with E-state index >= 15 is 0 Å². The zero-order valence-electron chi connectivity index (χ0n) is 19.2. The minimum absolute atomic E-state index is 0.0372. The molecule has 3 aromatic rings. The van der Waals surface area contributed by atoms with Crippen molar-refractivity contribution in [2.75, 3.05) is 7.11 Å². The van der Waals surface area contributed by atoms with E-state index in [4.69, 9.17) is 9.72 Å². The second-order valence-electron chi connectivity index (χ2n) is 9.20. The number of ether oxygens (including phenoxy) is 1. The average Bonchev–Trinajstić information content (AvgIpc) is 2.90. The number of nitriles is 1. The van der Waals surface area contributed by atoms with Gasteiger partial charge in [0.1, 0.15) is 5.92 Å². The lowest BCUT2D eigenvalue weighted by atomic mass is 9.51. The standard InChI is InChI=1S/C28H25N3O3/c1-17-23-13-12-20-16-30-26(18-8-10-19(11-9-18)27(33)34-2)31-25(20)28(23,14-21(15-29)24(17)32)22-6-4-3-5-7-22/h3-11,16-17,21,23H,12-14H2,1-2H3/t17-,21?,23-,28-/m0/s1. The largest absolute Gasteiger partial charge is 0.465 e. The van der Waals surface area contributed by atoms with Gasteiger partial charge in [0.2, 0.25) is 0 Å². The molecule has 2 aliphatic rings. The van der Waals surface area contributed by atoms with Crippen LogP contribution in [0.4, 0.5) is 0 Å². The Bertz CT molecular complexity index is 1300. The first-order valence-electron chi connectivity index (χ1n) is 11.5. The molecule has 34 heavy (non-hydrogen) atoms. The van der Waals surface area contributed by atoms with E-state index in [2.05, 4.69) is 23.2 Å². The fraction of sp³-hybridized carbons (Fsp3) is 0.321. The molecule has 6 nitrogen and oxygen atoms in total. The summed E-state index contributed by atoms with van der Waals surface area (Å²) in [7, 11) is 1.35. The highest BCUT2D eigenvalue weighted by Crippen LogP contribution is 2.55. The van der Waals surface area contributed by atoms with Crippen LogP contribution in [0.2, 0.25) is 0 Å². The Labute approximate surface area is 198 Å². The maximum atomic E-state index is 13.0. The van der Waals surface area contributed by atoms with E-state index in [1.807, 2.05) is 43.5 Å². The first-order valence-corrected chi connectivity index (χ1v) is 11.5. The second kappa shape index (κ2) is 8.49. The molecule has 170 valence electrons. The molecule has 6 heteroatoms. The molecular weight excluding hydrogens is 426 g/mol. The van der Waals surface area contributed by atoms with E-state index in [-0.39, 0.29) is 17.6 Å². The number of hydrogen-bond donors (Lipinski definition) is 0. The van der Waals surface area contributed by atoms with Crippen LogP contribution in [0.1, 0.15) is 46.9 Å². The number of Topliss-reactive ketones (excluding diaryl/α,β-unsaturated/α-hetero) is 1. The van der Waals surface area contributed by atoms with Crippen LogP contribution in [-0.2, 0) is 21.4 Å². The second-order valence-corrected chi connectivity index (χ2v) is 9.20. The number of methoxy groups -OCH3 is 1. The quantitative estimate of drug-likeness (QED) is 0.543. The summed E-state index contributed by atoms with van der Waals surface area (Å²) in [6.07, 6.45) is 3.95. The van der Waals surface area contributed by atoms with Crippen LogP contribution in [0, 0.1) is 29.1 Å². The van der Waals surface area contributed by atoms with Gasteiger partial charge in [-0.2, -0.15) is 5.26 Å². The third kappa shape index (κ3) is 3.31. The normalized spacial score (nSPS) is 25.6. The van der Waals surface area contributed by atoms with Gasteiger partial charge in [0.05, 0.1) is 24.4 Å². The molecule has 0 radical (unpaired) electrons. The zero-order valence-corrected chi connectivity index (χ0v) is 19.2. The highest BCUT2D eigenvalue weighted by atomic mass is 16.5. The molecule has 2 aromatic carbocycles. The number of aryl methyl sites for hydroxylation is 1. The zero-order chi connectivity index (χ0) is 23.9. The topological polar surface area (TPSA) is 92.9 Å². The van der Waals surface area contributed by atoms with Crippen molar-refractivity contribution in [2.45, 2.75) is 31.6 Å². The summed E-state index contributed by atoms with van der Waals surface area (Å²) < 4.78 is 4.79. The van der Waals surface area contributed by atoms with Gasteiger partial charge < -0.3 is 4.74 Å². The number of fused-ring (bicyclic) bond motifs is 3. The van der Waals surface area contributed by atoms with Crippen molar-refractivity contribution in [3.05, 3.63) is 83.2 Å². The number of aromatic nitrogens is 2. The Balaban J connectivity index is 1.69. The SMILES string of the molecule is COC(=O)c1ccc(-c2ncc3c(n2)[C@]2(c4ccccc4)CC(C#N)C(=O)[C@@H](C)[C@@H]2CC3)cc1. The summed E-state index contributed by atoms with van der Waals surface area (Å²) in [5.41, 5.74) is 3.78. The van der Waals surface area contributed by atoms with Gasteiger partial charge in [0.25, 0.3) is 0 Å². The Hall–Kier alpha value is -3.85. The van der Waals surface area contributed by atoms with Gasteiger partial charge in [-0.1, -0.05) is 49.4 Å². The van der Waals surface area contributed by atoms with Crippen molar-refractivity contribution >= 4 is 11.8 Å². The number of carbonyl (C=O) groups excluding carboxylic acids is 2. The molecule has 2 aliphatic carbocycles. The van der Waals surface area contributed by atoms with Gasteiger partial charge in [-0.05, 0) is 48.4 Å². The summed E-state index contributed by atoms with van der Waals surface area (Å²) in [4.78, 5) is 34.5. The van der Waals surface area contributed by atoms with Gasteiger partial charge in [-0.3, -0.25) is 4.79 Å². The predicted molar refractivity (Wildman–Crippen MR) is 126 cm³/mol. The minimum atomic E-state index is -0.671. The van der Waals surface area contributed by atoms with E-state index < -0.39 is 17.3 Å². The van der Waals surface area contributed by atoms with Crippen LogP contribution in [0.15, 0.2) is 60.8 Å². The van der Waals surface area contributed by atoms with Crippen molar-refractivity contribution < 1.29 is 14.3 Å². The third-order valence-electron chi connectivity index (χ3n) is 7.58. The number of nitrogens with zero attached hydrogens (tertiary/aromatic N) is 3. The van der Waals surface area contributed by atoms with E-state index in [0.29, 0.717) is 17.8 Å². The first-order chi connectivity index (χ1) is 16.5. The summed E-state index contributed by atoms with van der Waals surface area (Å²) in [5, 5.41) is 9.86. The van der Waals surface area contributed by atoms with Crippen LogP contribution in [0.5, 0.6) is 0 Å². The number of carbonyl (C=O) groups is 2. The van der Waals surface area contributed by atoms with E-state index in [1.54, 1.807) is 12.1 Å². The van der Waals surface area contributed by atoms with E-state index in [1.165, 1.54) is 7.11 Å². The summed E-state index contributed by atoms with van der Waals surface area (Å²) in [5.74, 6) is -0.643. The van der Waals surface area contributed by atoms with Crippen LogP contribution in [0.3, 0.4) is 0 Å². The molecule has 1 unspecified atom stereocenters. The molecule has 1 saturated carbocycles. The fourth-order valence-corrected chi connectivity index (χ4v) is 5.90. The van der Waals surface area contributed by atoms with Gasteiger partial charge in [-0.25, -0.2) is 14.8 Å². The van der Waals surface area contributed by atoms with Crippen LogP contribution in [0.25, 0.3) is 11.4 Å². The van der Waals surface area contributed by atoms with Crippen LogP contribution in [-0.4, -0.2) is 28.8 Å². The Kier molecular flexibility index (Phi) is 5.49. The maximum absolute atomic E-state index is 13.0. The molecule has 4 atom stereocenters. The Morgan fingerprint density at radius 3 is 2.56 bits per heavy atom. The van der Waals surface area contributed by atoms with E-state index in [9.17, 15) is 14.9 Å². The molecule has 0 aliphatic heterocycles. The lowest BCUT2D eigenvalue weighted by molar-refractivity contribution is -0.131. The molecule has 0 N–H and O–H groups in total. The van der Waals surface area contributed by atoms with Crippen LogP contribution >= 0.6 is 0 Å². The summed E-state index contributed by atoms with van der Waals surface area (Å²) in [6, 6.07) is 19.5. The van der Waals surface area contributed by atoms with Crippen molar-refractivity contribution in [2.24, 2.45) is 17.8 Å². The molecule has 1 aromatic heterocycles. The molecule has 5 rings (SSSR count).